The van der Waals surface area contributed by atoms with Crippen molar-refractivity contribution in [2.24, 2.45) is 4.99 Å². The maximum Gasteiger partial charge on any atom is 0.303 e. The highest BCUT2D eigenvalue weighted by molar-refractivity contribution is 5.75. The molecule has 2 aliphatic rings. The van der Waals surface area contributed by atoms with Gasteiger partial charge in [-0.15, -0.1) is 0 Å². The van der Waals surface area contributed by atoms with Gasteiger partial charge in [0.2, 0.25) is 6.29 Å². The minimum absolute atomic E-state index is 0.153. The fourth-order valence-corrected chi connectivity index (χ4v) is 2.21. The topological polar surface area (TPSA) is 104 Å². The van der Waals surface area contributed by atoms with Crippen LogP contribution in [0.5, 0.6) is 0 Å². The Labute approximate surface area is 115 Å². The Bertz CT molecular complexity index is 436. The molecule has 0 aromatic carbocycles. The predicted molar refractivity (Wildman–Crippen MR) is 64.8 cm³/mol. The Morgan fingerprint density at radius 1 is 1.35 bits per heavy atom. The van der Waals surface area contributed by atoms with E-state index in [0.717, 1.165) is 0 Å². The molecule has 0 aromatic heterocycles. The summed E-state index contributed by atoms with van der Waals surface area (Å²) in [4.78, 5) is 26.1. The van der Waals surface area contributed by atoms with Gasteiger partial charge in [0.15, 0.2) is 18.0 Å². The number of aliphatic imine (C=N–C) groups is 1. The summed E-state index contributed by atoms with van der Waals surface area (Å²) in [6, 6.07) is -0.623. The Hall–Kier alpha value is -1.67. The summed E-state index contributed by atoms with van der Waals surface area (Å²) in [6.45, 7) is 3.98. The maximum absolute atomic E-state index is 11.2. The molecule has 5 atom stereocenters. The molecule has 2 aliphatic heterocycles. The highest BCUT2D eigenvalue weighted by atomic mass is 16.7. The molecular weight excluding hydrogens is 270 g/mol. The smallest absolute Gasteiger partial charge is 0.303 e. The minimum atomic E-state index is -1.15. The Morgan fingerprint density at radius 3 is 2.65 bits per heavy atom. The molecular formula is C12H17NO7. The third-order valence-corrected chi connectivity index (χ3v) is 3.01. The van der Waals surface area contributed by atoms with Gasteiger partial charge in [0, 0.05) is 20.8 Å². The number of carbonyl (C=O) groups is 2. The first kappa shape index (κ1) is 14.7. The van der Waals surface area contributed by atoms with Crippen molar-refractivity contribution in [3.05, 3.63) is 0 Å². The average molecular weight is 287 g/mol. The Balaban J connectivity index is 2.12. The number of hydrogen-bond acceptors (Lipinski definition) is 8. The average Bonchev–Trinajstić information content (AvgIpc) is 2.70. The molecule has 1 fully saturated rings. The largest absolute Gasteiger partial charge is 0.463 e. The molecule has 2 rings (SSSR count). The van der Waals surface area contributed by atoms with Gasteiger partial charge in [-0.1, -0.05) is 0 Å². The number of hydrogen-bond donors (Lipinski definition) is 1. The molecule has 0 aliphatic carbocycles. The maximum atomic E-state index is 11.2. The summed E-state index contributed by atoms with van der Waals surface area (Å²) in [5, 5.41) is 10.2. The standard InChI is InChI=1S/C12H17NO7/c1-5-13-9-11(19-7(3)15)10(16)8(4-17-6(2)14)20-12(9)18-5/h8-12,16H,4H2,1-3H3/t8?,9?,10-,11?,12+/m1/s1. The van der Waals surface area contributed by atoms with Crippen LogP contribution < -0.4 is 0 Å². The fourth-order valence-electron chi connectivity index (χ4n) is 2.21. The van der Waals surface area contributed by atoms with Gasteiger partial charge in [0.05, 0.1) is 0 Å². The summed E-state index contributed by atoms with van der Waals surface area (Å²) in [6.07, 6.45) is -3.66. The summed E-state index contributed by atoms with van der Waals surface area (Å²) in [7, 11) is 0. The van der Waals surface area contributed by atoms with Crippen LogP contribution in [-0.4, -0.2) is 60.2 Å². The number of nitrogens with zero attached hydrogens (tertiary/aromatic N) is 1. The molecule has 2 heterocycles. The molecule has 0 radical (unpaired) electrons. The van der Waals surface area contributed by atoms with Crippen LogP contribution in [0.25, 0.3) is 0 Å². The van der Waals surface area contributed by atoms with Crippen LogP contribution in [0.1, 0.15) is 20.8 Å². The van der Waals surface area contributed by atoms with Gasteiger partial charge in [0.25, 0.3) is 0 Å². The van der Waals surface area contributed by atoms with Crippen molar-refractivity contribution in [2.45, 2.75) is 51.4 Å². The lowest BCUT2D eigenvalue weighted by molar-refractivity contribution is -0.242. The van der Waals surface area contributed by atoms with Crippen molar-refractivity contribution in [3.8, 4) is 0 Å². The van der Waals surface area contributed by atoms with E-state index in [4.69, 9.17) is 18.9 Å². The van der Waals surface area contributed by atoms with E-state index in [1.54, 1.807) is 6.92 Å². The van der Waals surface area contributed by atoms with E-state index in [-0.39, 0.29) is 6.61 Å². The molecule has 112 valence electrons. The van der Waals surface area contributed by atoms with Crippen LogP contribution >= 0.6 is 0 Å². The SMILES string of the molecule is CC(=O)OCC1O[C@@H]2OC(C)=NC2C(OC(C)=O)[C@@H]1O. The van der Waals surface area contributed by atoms with Crippen LogP contribution in [0, 0.1) is 0 Å². The third kappa shape index (κ3) is 3.07. The summed E-state index contributed by atoms with van der Waals surface area (Å²) >= 11 is 0. The number of aliphatic hydroxyl groups is 1. The molecule has 1 N–H and O–H groups in total. The van der Waals surface area contributed by atoms with Gasteiger partial charge in [-0.2, -0.15) is 0 Å². The van der Waals surface area contributed by atoms with E-state index < -0.39 is 42.6 Å². The number of aliphatic hydroxyl groups excluding tert-OH is 1. The Morgan fingerprint density at radius 2 is 2.05 bits per heavy atom. The number of ether oxygens (including phenoxy) is 4. The normalized spacial score (nSPS) is 35.6. The number of fused-ring (bicyclic) bond motifs is 1. The fraction of sp³-hybridized carbons (Fsp3) is 0.750. The lowest BCUT2D eigenvalue weighted by Crippen LogP contribution is -2.58. The van der Waals surface area contributed by atoms with E-state index in [9.17, 15) is 14.7 Å². The summed E-state index contributed by atoms with van der Waals surface area (Å²) in [5.41, 5.74) is 0. The van der Waals surface area contributed by atoms with Gasteiger partial charge in [-0.3, -0.25) is 9.59 Å². The highest BCUT2D eigenvalue weighted by Crippen LogP contribution is 2.30. The first-order chi connectivity index (χ1) is 9.38. The molecule has 0 amide bonds. The van der Waals surface area contributed by atoms with E-state index in [2.05, 4.69) is 4.99 Å². The minimum Gasteiger partial charge on any atom is -0.463 e. The van der Waals surface area contributed by atoms with Gasteiger partial charge >= 0.3 is 11.9 Å². The van der Waals surface area contributed by atoms with Crippen molar-refractivity contribution in [3.63, 3.8) is 0 Å². The quantitative estimate of drug-likeness (QED) is 0.690. The summed E-state index contributed by atoms with van der Waals surface area (Å²) < 4.78 is 20.8. The van der Waals surface area contributed by atoms with Gasteiger partial charge in [-0.05, 0) is 0 Å². The molecule has 8 nitrogen and oxygen atoms in total. The van der Waals surface area contributed by atoms with E-state index in [1.807, 2.05) is 0 Å². The molecule has 0 spiro atoms. The first-order valence-corrected chi connectivity index (χ1v) is 6.23. The summed E-state index contributed by atoms with van der Waals surface area (Å²) in [5.74, 6) is -0.648. The lowest BCUT2D eigenvalue weighted by Gasteiger charge is -2.38. The van der Waals surface area contributed by atoms with Crippen LogP contribution in [0.3, 0.4) is 0 Å². The van der Waals surface area contributed by atoms with Crippen molar-refractivity contribution in [1.29, 1.82) is 0 Å². The van der Waals surface area contributed by atoms with Gasteiger partial charge < -0.3 is 24.1 Å². The second-order valence-corrected chi connectivity index (χ2v) is 4.67. The number of esters is 2. The molecule has 0 aromatic rings. The third-order valence-electron chi connectivity index (χ3n) is 3.01. The zero-order valence-electron chi connectivity index (χ0n) is 11.4. The number of rotatable bonds is 3. The number of carbonyl (C=O) groups excluding carboxylic acids is 2. The van der Waals surface area contributed by atoms with Crippen LogP contribution in [0.2, 0.25) is 0 Å². The molecule has 0 bridgehead atoms. The van der Waals surface area contributed by atoms with E-state index in [1.165, 1.54) is 13.8 Å². The molecule has 3 unspecified atom stereocenters. The lowest BCUT2D eigenvalue weighted by atomic mass is 9.97. The predicted octanol–water partition coefficient (Wildman–Crippen LogP) is -0.616. The van der Waals surface area contributed by atoms with Gasteiger partial charge in [0.1, 0.15) is 18.8 Å². The first-order valence-electron chi connectivity index (χ1n) is 6.23. The van der Waals surface area contributed by atoms with Crippen LogP contribution in [0.4, 0.5) is 0 Å². The monoisotopic (exact) mass is 287 g/mol. The molecule has 8 heteroatoms. The zero-order chi connectivity index (χ0) is 14.9. The highest BCUT2D eigenvalue weighted by Gasteiger charge is 2.51. The van der Waals surface area contributed by atoms with E-state index >= 15 is 0 Å². The molecule has 20 heavy (non-hydrogen) atoms. The second kappa shape index (κ2) is 5.76. The second-order valence-electron chi connectivity index (χ2n) is 4.67. The van der Waals surface area contributed by atoms with Crippen molar-refractivity contribution < 1.29 is 33.6 Å². The van der Waals surface area contributed by atoms with Crippen LogP contribution in [0.15, 0.2) is 4.99 Å². The zero-order valence-corrected chi connectivity index (χ0v) is 11.4. The molecule has 0 saturated carbocycles. The van der Waals surface area contributed by atoms with Gasteiger partial charge in [-0.25, -0.2) is 4.99 Å². The van der Waals surface area contributed by atoms with E-state index in [0.29, 0.717) is 5.90 Å². The van der Waals surface area contributed by atoms with Crippen LogP contribution in [-0.2, 0) is 28.5 Å². The van der Waals surface area contributed by atoms with Crippen molar-refractivity contribution >= 4 is 17.8 Å². The Kier molecular flexibility index (Phi) is 4.24. The van der Waals surface area contributed by atoms with Crippen molar-refractivity contribution in [2.75, 3.05) is 6.61 Å². The van der Waals surface area contributed by atoms with Crippen molar-refractivity contribution in [1.82, 2.24) is 0 Å². The molecule has 1 saturated heterocycles.